The molecule has 132 valence electrons. The fourth-order valence-electron chi connectivity index (χ4n) is 3.69. The van der Waals surface area contributed by atoms with Gasteiger partial charge in [0.1, 0.15) is 6.17 Å². The maximum absolute atomic E-state index is 13.2. The number of ether oxygens (including phenoxy) is 1. The van der Waals surface area contributed by atoms with Gasteiger partial charge in [0.15, 0.2) is 0 Å². The summed E-state index contributed by atoms with van der Waals surface area (Å²) in [5.41, 5.74) is 2.39. The van der Waals surface area contributed by atoms with Gasteiger partial charge in [0.2, 0.25) is 5.91 Å². The van der Waals surface area contributed by atoms with Crippen LogP contribution in [0.2, 0.25) is 0 Å². The fourth-order valence-corrected chi connectivity index (χ4v) is 3.69. The summed E-state index contributed by atoms with van der Waals surface area (Å²) in [4.78, 5) is 19.0. The molecule has 1 aliphatic heterocycles. The second-order valence-corrected chi connectivity index (χ2v) is 7.09. The number of pyridine rings is 1. The molecule has 2 aliphatic rings. The molecule has 0 spiro atoms. The number of likely N-dealkylation sites (tertiary alicyclic amines) is 1. The van der Waals surface area contributed by atoms with Crippen LogP contribution in [-0.2, 0) is 16.0 Å². The molecule has 0 radical (unpaired) electrons. The maximum Gasteiger partial charge on any atom is 0.223 e. The number of carbonyl (C=O) groups is 1. The SMILES string of the molecule is CC(OC1CCN(C(=O)CC2CCc3cccnc32)CC1)[C@@H](C)F. The molecule has 3 atom stereocenters. The highest BCUT2D eigenvalue weighted by Gasteiger charge is 2.30. The van der Waals surface area contributed by atoms with E-state index in [1.807, 2.05) is 17.2 Å². The van der Waals surface area contributed by atoms with Crippen molar-refractivity contribution >= 4 is 5.91 Å². The molecule has 24 heavy (non-hydrogen) atoms. The average Bonchev–Trinajstić information content (AvgIpc) is 2.98. The summed E-state index contributed by atoms with van der Waals surface area (Å²) in [6.45, 7) is 4.71. The van der Waals surface area contributed by atoms with Crippen molar-refractivity contribution in [1.29, 1.82) is 0 Å². The molecule has 0 bridgehead atoms. The molecule has 0 N–H and O–H groups in total. The van der Waals surface area contributed by atoms with Gasteiger partial charge in [0, 0.05) is 37.3 Å². The topological polar surface area (TPSA) is 42.4 Å². The van der Waals surface area contributed by atoms with Gasteiger partial charge in [0.05, 0.1) is 12.2 Å². The number of piperidine rings is 1. The fraction of sp³-hybridized carbons (Fsp3) is 0.684. The van der Waals surface area contributed by atoms with Crippen LogP contribution < -0.4 is 0 Å². The van der Waals surface area contributed by atoms with Gasteiger partial charge in [-0.3, -0.25) is 9.78 Å². The number of hydrogen-bond donors (Lipinski definition) is 0. The van der Waals surface area contributed by atoms with Gasteiger partial charge in [-0.2, -0.15) is 0 Å². The minimum Gasteiger partial charge on any atom is -0.372 e. The molecule has 1 amide bonds. The van der Waals surface area contributed by atoms with E-state index < -0.39 is 6.17 Å². The van der Waals surface area contributed by atoms with Crippen molar-refractivity contribution in [2.75, 3.05) is 13.1 Å². The smallest absolute Gasteiger partial charge is 0.223 e. The number of amides is 1. The van der Waals surface area contributed by atoms with E-state index >= 15 is 0 Å². The second kappa shape index (κ2) is 7.60. The normalized spacial score (nSPS) is 23.8. The molecule has 4 nitrogen and oxygen atoms in total. The zero-order chi connectivity index (χ0) is 17.1. The van der Waals surface area contributed by atoms with Crippen LogP contribution in [0.5, 0.6) is 0 Å². The van der Waals surface area contributed by atoms with Gasteiger partial charge >= 0.3 is 0 Å². The lowest BCUT2D eigenvalue weighted by molar-refractivity contribution is -0.135. The van der Waals surface area contributed by atoms with Crippen LogP contribution in [0.25, 0.3) is 0 Å². The predicted molar refractivity (Wildman–Crippen MR) is 90.6 cm³/mol. The summed E-state index contributed by atoms with van der Waals surface area (Å²) in [6, 6.07) is 4.08. The Morgan fingerprint density at radius 1 is 1.38 bits per heavy atom. The van der Waals surface area contributed by atoms with E-state index in [9.17, 15) is 9.18 Å². The molecule has 1 fully saturated rings. The van der Waals surface area contributed by atoms with Crippen molar-refractivity contribution in [3.05, 3.63) is 29.6 Å². The molecule has 3 rings (SSSR count). The van der Waals surface area contributed by atoms with Crippen LogP contribution in [0, 0.1) is 0 Å². The van der Waals surface area contributed by atoms with Gasteiger partial charge < -0.3 is 9.64 Å². The molecular formula is C19H27FN2O2. The third kappa shape index (κ3) is 3.94. The molecule has 1 saturated heterocycles. The number of fused-ring (bicyclic) bond motifs is 1. The van der Waals surface area contributed by atoms with Gasteiger partial charge in [-0.1, -0.05) is 6.07 Å². The minimum absolute atomic E-state index is 0.0659. The number of nitrogens with zero attached hydrogens (tertiary/aromatic N) is 2. The lowest BCUT2D eigenvalue weighted by Crippen LogP contribution is -2.42. The second-order valence-electron chi connectivity index (χ2n) is 7.09. The Morgan fingerprint density at radius 3 is 2.83 bits per heavy atom. The molecule has 2 unspecified atom stereocenters. The van der Waals surface area contributed by atoms with Crippen molar-refractivity contribution in [2.45, 2.75) is 70.2 Å². The Morgan fingerprint density at radius 2 is 2.12 bits per heavy atom. The molecule has 1 aromatic rings. The van der Waals surface area contributed by atoms with E-state index in [-0.39, 0.29) is 24.0 Å². The first-order valence-electron chi connectivity index (χ1n) is 9.05. The summed E-state index contributed by atoms with van der Waals surface area (Å²) in [7, 11) is 0. The van der Waals surface area contributed by atoms with Crippen molar-refractivity contribution in [3.63, 3.8) is 0 Å². The number of rotatable bonds is 5. The van der Waals surface area contributed by atoms with Crippen LogP contribution in [0.4, 0.5) is 4.39 Å². The molecule has 0 saturated carbocycles. The molecule has 2 heterocycles. The zero-order valence-electron chi connectivity index (χ0n) is 14.6. The summed E-state index contributed by atoms with van der Waals surface area (Å²) in [5, 5.41) is 0. The maximum atomic E-state index is 13.2. The highest BCUT2D eigenvalue weighted by Crippen LogP contribution is 2.34. The lowest BCUT2D eigenvalue weighted by atomic mass is 10.00. The Balaban J connectivity index is 1.48. The first kappa shape index (κ1) is 17.3. The quantitative estimate of drug-likeness (QED) is 0.830. The zero-order valence-corrected chi connectivity index (χ0v) is 14.6. The third-order valence-electron chi connectivity index (χ3n) is 5.34. The van der Waals surface area contributed by atoms with Crippen LogP contribution in [0.1, 0.15) is 56.7 Å². The summed E-state index contributed by atoms with van der Waals surface area (Å²) >= 11 is 0. The van der Waals surface area contributed by atoms with Crippen molar-refractivity contribution in [3.8, 4) is 0 Å². The van der Waals surface area contributed by atoms with E-state index in [4.69, 9.17) is 4.74 Å². The van der Waals surface area contributed by atoms with Crippen LogP contribution in [0.15, 0.2) is 18.3 Å². The van der Waals surface area contributed by atoms with Gasteiger partial charge in [0.25, 0.3) is 0 Å². The van der Waals surface area contributed by atoms with Crippen LogP contribution >= 0.6 is 0 Å². The monoisotopic (exact) mass is 334 g/mol. The Bertz CT molecular complexity index is 570. The number of halogens is 1. The molecule has 0 aromatic carbocycles. The minimum atomic E-state index is -0.959. The average molecular weight is 334 g/mol. The molecule has 1 aliphatic carbocycles. The Hall–Kier alpha value is -1.49. The summed E-state index contributed by atoms with van der Waals surface area (Å²) < 4.78 is 18.9. The number of aryl methyl sites for hydroxylation is 1. The van der Waals surface area contributed by atoms with Gasteiger partial charge in [-0.15, -0.1) is 0 Å². The summed E-state index contributed by atoms with van der Waals surface area (Å²) in [5.74, 6) is 0.471. The van der Waals surface area contributed by atoms with E-state index in [1.54, 1.807) is 6.92 Å². The standard InChI is InChI=1S/C19H27FN2O2/c1-13(20)14(2)24-17-7-10-22(11-8-17)18(23)12-16-6-5-15-4-3-9-21-19(15)16/h3-4,9,13-14,16-17H,5-8,10-12H2,1-2H3/t13-,14?,16?/m1/s1. The first-order valence-corrected chi connectivity index (χ1v) is 9.05. The molecule has 1 aromatic heterocycles. The highest BCUT2D eigenvalue weighted by molar-refractivity contribution is 5.77. The Labute approximate surface area is 143 Å². The predicted octanol–water partition coefficient (Wildman–Crippen LogP) is 3.26. The van der Waals surface area contributed by atoms with Crippen molar-refractivity contribution in [1.82, 2.24) is 9.88 Å². The van der Waals surface area contributed by atoms with E-state index in [0.717, 1.165) is 31.4 Å². The number of hydrogen-bond acceptors (Lipinski definition) is 3. The van der Waals surface area contributed by atoms with Crippen LogP contribution in [0.3, 0.4) is 0 Å². The molecule has 5 heteroatoms. The highest BCUT2D eigenvalue weighted by atomic mass is 19.1. The summed E-state index contributed by atoms with van der Waals surface area (Å²) in [6.07, 6.45) is 4.73. The Kier molecular flexibility index (Phi) is 5.49. The first-order chi connectivity index (χ1) is 11.5. The number of aromatic nitrogens is 1. The van der Waals surface area contributed by atoms with E-state index in [2.05, 4.69) is 11.1 Å². The number of carbonyl (C=O) groups excluding carboxylic acids is 1. The third-order valence-corrected chi connectivity index (χ3v) is 5.34. The van der Waals surface area contributed by atoms with E-state index in [1.165, 1.54) is 12.5 Å². The van der Waals surface area contributed by atoms with Crippen LogP contribution in [-0.4, -0.2) is 47.3 Å². The molecular weight excluding hydrogens is 307 g/mol. The largest absolute Gasteiger partial charge is 0.372 e. The van der Waals surface area contributed by atoms with Gasteiger partial charge in [-0.25, -0.2) is 4.39 Å². The van der Waals surface area contributed by atoms with Gasteiger partial charge in [-0.05, 0) is 51.2 Å². The lowest BCUT2D eigenvalue weighted by Gasteiger charge is -2.34. The number of alkyl halides is 1. The van der Waals surface area contributed by atoms with Crippen molar-refractivity contribution < 1.29 is 13.9 Å². The van der Waals surface area contributed by atoms with E-state index in [0.29, 0.717) is 19.5 Å². The van der Waals surface area contributed by atoms with Crippen molar-refractivity contribution in [2.24, 2.45) is 0 Å².